The number of nitrogens with zero attached hydrogens (tertiary/aromatic N) is 1. The molecule has 14 heavy (non-hydrogen) atoms. The van der Waals surface area contributed by atoms with Gasteiger partial charge < -0.3 is 10.4 Å². The molecule has 1 rings (SSSR count). The van der Waals surface area contributed by atoms with Crippen molar-refractivity contribution in [3.05, 3.63) is 16.6 Å². The van der Waals surface area contributed by atoms with Crippen LogP contribution in [0.2, 0.25) is 0 Å². The molecule has 5 nitrogen and oxygen atoms in total. The van der Waals surface area contributed by atoms with E-state index in [2.05, 4.69) is 10.3 Å². The summed E-state index contributed by atoms with van der Waals surface area (Å²) in [6.45, 7) is 0.420. The molecule has 6 heteroatoms. The van der Waals surface area contributed by atoms with Crippen LogP contribution in [0, 0.1) is 0 Å². The van der Waals surface area contributed by atoms with Crippen LogP contribution in [0.4, 0.5) is 0 Å². The molecule has 0 unspecified atom stereocenters. The van der Waals surface area contributed by atoms with Crippen LogP contribution in [0.3, 0.4) is 0 Å². The number of carbonyl (C=O) groups is 2. The van der Waals surface area contributed by atoms with E-state index in [0.717, 1.165) is 4.88 Å². The molecule has 0 fully saturated rings. The summed E-state index contributed by atoms with van der Waals surface area (Å²) < 4.78 is 0. The van der Waals surface area contributed by atoms with Crippen molar-refractivity contribution in [3.63, 3.8) is 0 Å². The van der Waals surface area contributed by atoms with Crippen LogP contribution in [0.25, 0.3) is 0 Å². The molecule has 0 saturated carbocycles. The van der Waals surface area contributed by atoms with Crippen molar-refractivity contribution in [3.8, 4) is 0 Å². The van der Waals surface area contributed by atoms with E-state index in [4.69, 9.17) is 5.11 Å². The third-order valence-corrected chi connectivity index (χ3v) is 2.29. The third kappa shape index (κ3) is 3.99. The second-order valence-electron chi connectivity index (χ2n) is 2.64. The summed E-state index contributed by atoms with van der Waals surface area (Å²) in [6, 6.07) is 0. The molecule has 1 aromatic heterocycles. The number of carboxylic acid groups (broad SMARTS) is 1. The fourth-order valence-corrected chi connectivity index (χ4v) is 1.36. The third-order valence-electron chi connectivity index (χ3n) is 1.51. The Kier molecular flexibility index (Phi) is 4.06. The molecule has 1 heterocycles. The van der Waals surface area contributed by atoms with E-state index < -0.39 is 5.97 Å². The summed E-state index contributed by atoms with van der Waals surface area (Å²) >= 11 is 1.45. The Labute approximate surface area is 84.8 Å². The van der Waals surface area contributed by atoms with Gasteiger partial charge in [-0.3, -0.25) is 14.6 Å². The van der Waals surface area contributed by atoms with Crippen molar-refractivity contribution >= 4 is 23.2 Å². The van der Waals surface area contributed by atoms with Crippen LogP contribution in [0.15, 0.2) is 11.7 Å². The zero-order valence-electron chi connectivity index (χ0n) is 7.40. The Morgan fingerprint density at radius 2 is 2.29 bits per heavy atom. The molecule has 76 valence electrons. The van der Waals surface area contributed by atoms with E-state index in [1.54, 1.807) is 11.7 Å². The second kappa shape index (κ2) is 5.33. The number of amides is 1. The standard InChI is InChI=1S/C8H10N2O3S/c11-7(1-2-8(12)13)10-4-6-3-9-5-14-6/h3,5H,1-2,4H2,(H,10,11)(H,12,13). The molecule has 2 N–H and O–H groups in total. The first kappa shape index (κ1) is 10.6. The molecule has 1 amide bonds. The Balaban J connectivity index is 2.18. The number of rotatable bonds is 5. The molecular formula is C8H10N2O3S. The van der Waals surface area contributed by atoms with Gasteiger partial charge in [-0.2, -0.15) is 0 Å². The van der Waals surface area contributed by atoms with E-state index in [-0.39, 0.29) is 18.7 Å². The maximum atomic E-state index is 11.1. The van der Waals surface area contributed by atoms with Gasteiger partial charge in [-0.05, 0) is 0 Å². The summed E-state index contributed by atoms with van der Waals surface area (Å²) in [6.07, 6.45) is 1.56. The topological polar surface area (TPSA) is 79.3 Å². The predicted molar refractivity (Wildman–Crippen MR) is 50.8 cm³/mol. The molecule has 0 aliphatic carbocycles. The maximum absolute atomic E-state index is 11.1. The summed E-state index contributed by atoms with van der Waals surface area (Å²) in [5.41, 5.74) is 1.68. The van der Waals surface area contributed by atoms with Crippen LogP contribution >= 0.6 is 11.3 Å². The average molecular weight is 214 g/mol. The summed E-state index contributed by atoms with van der Waals surface area (Å²) in [4.78, 5) is 26.0. The van der Waals surface area contributed by atoms with E-state index in [1.165, 1.54) is 11.3 Å². The summed E-state index contributed by atoms with van der Waals surface area (Å²) in [5.74, 6) is -1.21. The van der Waals surface area contributed by atoms with Gasteiger partial charge >= 0.3 is 5.97 Å². The molecule has 1 aromatic rings. The fourth-order valence-electron chi connectivity index (χ4n) is 0.824. The molecule has 0 aliphatic rings. The predicted octanol–water partition coefficient (Wildman–Crippen LogP) is 0.624. The second-order valence-corrected chi connectivity index (χ2v) is 3.61. The van der Waals surface area contributed by atoms with Gasteiger partial charge in [0, 0.05) is 17.5 Å². The van der Waals surface area contributed by atoms with Crippen LogP contribution in [0.5, 0.6) is 0 Å². The summed E-state index contributed by atoms with van der Waals surface area (Å²) in [5, 5.41) is 10.9. The first-order valence-electron chi connectivity index (χ1n) is 4.04. The fraction of sp³-hybridized carbons (Fsp3) is 0.375. The lowest BCUT2D eigenvalue weighted by atomic mass is 10.3. The number of hydrogen-bond acceptors (Lipinski definition) is 4. The normalized spacial score (nSPS) is 9.71. The highest BCUT2D eigenvalue weighted by Crippen LogP contribution is 2.04. The van der Waals surface area contributed by atoms with Gasteiger partial charge in [0.2, 0.25) is 5.91 Å². The number of aromatic nitrogens is 1. The first-order valence-corrected chi connectivity index (χ1v) is 4.92. The Bertz CT molecular complexity index is 310. The molecule has 0 radical (unpaired) electrons. The number of carbonyl (C=O) groups excluding carboxylic acids is 1. The van der Waals surface area contributed by atoms with Crippen molar-refractivity contribution in [2.45, 2.75) is 19.4 Å². The van der Waals surface area contributed by atoms with Crippen molar-refractivity contribution < 1.29 is 14.7 Å². The van der Waals surface area contributed by atoms with E-state index in [0.29, 0.717) is 6.54 Å². The number of thiazole rings is 1. The molecular weight excluding hydrogens is 204 g/mol. The molecule has 0 saturated heterocycles. The first-order chi connectivity index (χ1) is 6.68. The van der Waals surface area contributed by atoms with Crippen molar-refractivity contribution in [1.29, 1.82) is 0 Å². The molecule has 0 aromatic carbocycles. The number of aliphatic carboxylic acids is 1. The highest BCUT2D eigenvalue weighted by atomic mass is 32.1. The van der Waals surface area contributed by atoms with Gasteiger partial charge in [0.15, 0.2) is 0 Å². The van der Waals surface area contributed by atoms with E-state index in [9.17, 15) is 9.59 Å². The van der Waals surface area contributed by atoms with Gasteiger partial charge in [-0.25, -0.2) is 0 Å². The smallest absolute Gasteiger partial charge is 0.303 e. The Morgan fingerprint density at radius 1 is 1.50 bits per heavy atom. The Morgan fingerprint density at radius 3 is 2.86 bits per heavy atom. The minimum atomic E-state index is -0.960. The number of carboxylic acids is 1. The molecule has 0 atom stereocenters. The van der Waals surface area contributed by atoms with Crippen molar-refractivity contribution in [1.82, 2.24) is 10.3 Å². The van der Waals surface area contributed by atoms with Gasteiger partial charge in [0.05, 0.1) is 18.5 Å². The largest absolute Gasteiger partial charge is 0.481 e. The summed E-state index contributed by atoms with van der Waals surface area (Å²) in [7, 11) is 0. The van der Waals surface area contributed by atoms with Crippen LogP contribution < -0.4 is 5.32 Å². The van der Waals surface area contributed by atoms with Gasteiger partial charge in [0.25, 0.3) is 0 Å². The SMILES string of the molecule is O=C(O)CCC(=O)NCc1cncs1. The van der Waals surface area contributed by atoms with Crippen molar-refractivity contribution in [2.24, 2.45) is 0 Å². The van der Waals surface area contributed by atoms with Crippen LogP contribution in [-0.2, 0) is 16.1 Å². The van der Waals surface area contributed by atoms with Gasteiger partial charge in [0.1, 0.15) is 0 Å². The van der Waals surface area contributed by atoms with E-state index >= 15 is 0 Å². The van der Waals surface area contributed by atoms with Gasteiger partial charge in [-0.15, -0.1) is 11.3 Å². The maximum Gasteiger partial charge on any atom is 0.303 e. The average Bonchev–Trinajstić information content (AvgIpc) is 2.63. The van der Waals surface area contributed by atoms with Gasteiger partial charge in [-0.1, -0.05) is 0 Å². The molecule has 0 aliphatic heterocycles. The van der Waals surface area contributed by atoms with Crippen LogP contribution in [-0.4, -0.2) is 22.0 Å². The highest BCUT2D eigenvalue weighted by Gasteiger charge is 2.04. The lowest BCUT2D eigenvalue weighted by Gasteiger charge is -2.00. The monoisotopic (exact) mass is 214 g/mol. The number of hydrogen-bond donors (Lipinski definition) is 2. The van der Waals surface area contributed by atoms with E-state index in [1.807, 2.05) is 0 Å². The minimum absolute atomic E-state index is 0.0220. The molecule has 0 spiro atoms. The Hall–Kier alpha value is -1.43. The quantitative estimate of drug-likeness (QED) is 0.753. The van der Waals surface area contributed by atoms with Crippen molar-refractivity contribution in [2.75, 3.05) is 0 Å². The zero-order chi connectivity index (χ0) is 10.4. The number of nitrogens with one attached hydrogen (secondary N) is 1. The zero-order valence-corrected chi connectivity index (χ0v) is 8.21. The lowest BCUT2D eigenvalue weighted by molar-refractivity contribution is -0.138. The highest BCUT2D eigenvalue weighted by molar-refractivity contribution is 7.09. The lowest BCUT2D eigenvalue weighted by Crippen LogP contribution is -2.22. The minimum Gasteiger partial charge on any atom is -0.481 e. The molecule has 0 bridgehead atoms. The van der Waals surface area contributed by atoms with Crippen LogP contribution in [0.1, 0.15) is 17.7 Å².